The molecule has 0 radical (unpaired) electrons. The van der Waals surface area contributed by atoms with Gasteiger partial charge in [-0.1, -0.05) is 34.8 Å². The van der Waals surface area contributed by atoms with Crippen molar-refractivity contribution in [2.24, 2.45) is 5.92 Å². The third-order valence-corrected chi connectivity index (χ3v) is 4.29. The summed E-state index contributed by atoms with van der Waals surface area (Å²) < 4.78 is 18.0. The van der Waals surface area contributed by atoms with E-state index in [4.69, 9.17) is 0 Å². The van der Waals surface area contributed by atoms with Gasteiger partial charge in [0.15, 0.2) is 0 Å². The molecule has 3 nitrogen and oxygen atoms in total. The largest absolute Gasteiger partial charge is 0.453 e. The fourth-order valence-corrected chi connectivity index (χ4v) is 2.50. The molecular formula is C14H17BrFNO2. The number of methoxy groups -OCH3 is 1. The minimum Gasteiger partial charge on any atom is -0.453 e. The maximum atomic E-state index is 13.6. The molecule has 1 N–H and O–H groups in total. The number of hydrogen-bond acceptors (Lipinski definition) is 2. The quantitative estimate of drug-likeness (QED) is 0.800. The van der Waals surface area contributed by atoms with Crippen LogP contribution in [0, 0.1) is 11.7 Å². The van der Waals surface area contributed by atoms with E-state index in [1.165, 1.54) is 32.4 Å². The summed E-state index contributed by atoms with van der Waals surface area (Å²) >= 11 is 3.62. The van der Waals surface area contributed by atoms with Gasteiger partial charge in [-0.25, -0.2) is 9.18 Å². The Kier molecular flexibility index (Phi) is 4.80. The molecule has 0 aliphatic heterocycles. The highest BCUT2D eigenvalue weighted by atomic mass is 79.9. The molecule has 19 heavy (non-hydrogen) atoms. The first kappa shape index (κ1) is 14.3. The molecule has 1 aromatic carbocycles. The number of hydrogen-bond donors (Lipinski definition) is 1. The van der Waals surface area contributed by atoms with Crippen LogP contribution in [0.15, 0.2) is 18.2 Å². The minimum absolute atomic E-state index is 0.153. The molecule has 0 spiro atoms. The molecule has 0 saturated heterocycles. The van der Waals surface area contributed by atoms with Crippen LogP contribution >= 0.6 is 15.9 Å². The lowest BCUT2D eigenvalue weighted by atomic mass is 10.1. The van der Waals surface area contributed by atoms with Crippen LogP contribution < -0.4 is 5.32 Å². The second-order valence-corrected chi connectivity index (χ2v) is 5.95. The monoisotopic (exact) mass is 329 g/mol. The maximum Gasteiger partial charge on any atom is 0.411 e. The number of carbonyl (C=O) groups excluding carboxylic acids is 1. The van der Waals surface area contributed by atoms with E-state index < -0.39 is 11.9 Å². The Hall–Kier alpha value is -1.10. The van der Waals surface area contributed by atoms with Crippen molar-refractivity contribution in [3.63, 3.8) is 0 Å². The number of amides is 1. The molecule has 1 saturated carbocycles. The molecule has 5 heteroatoms. The standard InChI is InChI=1S/C14H17BrFNO2/c1-19-14(18)17-13-8-10(5-7-12(13)16)11(15)6-4-9-2-3-9/h5,7-9,11H,2-4,6H2,1H3,(H,17,18). The number of halogens is 2. The van der Waals surface area contributed by atoms with E-state index in [2.05, 4.69) is 26.0 Å². The first-order valence-corrected chi connectivity index (χ1v) is 7.30. The highest BCUT2D eigenvalue weighted by Crippen LogP contribution is 2.38. The zero-order chi connectivity index (χ0) is 13.8. The molecular weight excluding hydrogens is 313 g/mol. The van der Waals surface area contributed by atoms with E-state index in [-0.39, 0.29) is 10.5 Å². The second-order valence-electron chi connectivity index (χ2n) is 4.84. The van der Waals surface area contributed by atoms with Gasteiger partial charge >= 0.3 is 6.09 Å². The topological polar surface area (TPSA) is 38.3 Å². The van der Waals surface area contributed by atoms with Crippen molar-refractivity contribution in [3.05, 3.63) is 29.6 Å². The van der Waals surface area contributed by atoms with Crippen LogP contribution in [0.25, 0.3) is 0 Å². The van der Waals surface area contributed by atoms with E-state index >= 15 is 0 Å². The molecule has 0 heterocycles. The summed E-state index contributed by atoms with van der Waals surface area (Å²) in [6.45, 7) is 0. The Bertz CT molecular complexity index is 463. The summed E-state index contributed by atoms with van der Waals surface area (Å²) in [5.41, 5.74) is 1.12. The molecule has 1 unspecified atom stereocenters. The van der Waals surface area contributed by atoms with Gasteiger partial charge in [0.05, 0.1) is 12.8 Å². The average molecular weight is 330 g/mol. The Morgan fingerprint density at radius 2 is 2.32 bits per heavy atom. The number of ether oxygens (including phenoxy) is 1. The Morgan fingerprint density at radius 1 is 1.58 bits per heavy atom. The number of rotatable bonds is 5. The summed E-state index contributed by atoms with van der Waals surface area (Å²) in [5, 5.41) is 2.38. The molecule has 1 amide bonds. The Balaban J connectivity index is 2.03. The summed E-state index contributed by atoms with van der Waals surface area (Å²) in [6.07, 6.45) is 4.21. The molecule has 104 valence electrons. The van der Waals surface area contributed by atoms with Gasteiger partial charge in [0.25, 0.3) is 0 Å². The van der Waals surface area contributed by atoms with E-state index in [0.717, 1.165) is 17.9 Å². The van der Waals surface area contributed by atoms with E-state index in [9.17, 15) is 9.18 Å². The highest BCUT2D eigenvalue weighted by molar-refractivity contribution is 9.09. The lowest BCUT2D eigenvalue weighted by Crippen LogP contribution is -2.12. The van der Waals surface area contributed by atoms with Crippen LogP contribution in [0.5, 0.6) is 0 Å². The molecule has 1 aliphatic carbocycles. The van der Waals surface area contributed by atoms with Crippen molar-refractivity contribution in [2.45, 2.75) is 30.5 Å². The normalized spacial score (nSPS) is 15.9. The predicted octanol–water partition coefficient (Wildman–Crippen LogP) is 4.63. The number of nitrogens with one attached hydrogen (secondary N) is 1. The smallest absolute Gasteiger partial charge is 0.411 e. The first-order chi connectivity index (χ1) is 9.10. The van der Waals surface area contributed by atoms with E-state index in [1.807, 2.05) is 0 Å². The summed E-state index contributed by atoms with van der Waals surface area (Å²) in [4.78, 5) is 11.3. The van der Waals surface area contributed by atoms with Gasteiger partial charge < -0.3 is 4.74 Å². The Labute approximate surface area is 120 Å². The van der Waals surface area contributed by atoms with Crippen molar-refractivity contribution in [1.29, 1.82) is 0 Å². The van der Waals surface area contributed by atoms with Gasteiger partial charge in [0, 0.05) is 4.83 Å². The van der Waals surface area contributed by atoms with Gasteiger partial charge in [-0.2, -0.15) is 0 Å². The zero-order valence-electron chi connectivity index (χ0n) is 10.8. The van der Waals surface area contributed by atoms with Crippen LogP contribution in [0.4, 0.5) is 14.9 Å². The third kappa shape index (κ3) is 4.20. The first-order valence-electron chi connectivity index (χ1n) is 6.38. The van der Waals surface area contributed by atoms with Crippen LogP contribution in [0.3, 0.4) is 0 Å². The molecule has 2 rings (SSSR count). The summed E-state index contributed by atoms with van der Waals surface area (Å²) in [7, 11) is 1.25. The van der Waals surface area contributed by atoms with Crippen LogP contribution in [-0.4, -0.2) is 13.2 Å². The van der Waals surface area contributed by atoms with Crippen LogP contribution in [0.1, 0.15) is 36.1 Å². The Morgan fingerprint density at radius 3 is 2.95 bits per heavy atom. The lowest BCUT2D eigenvalue weighted by Gasteiger charge is -2.12. The molecule has 1 atom stereocenters. The van der Waals surface area contributed by atoms with E-state index in [0.29, 0.717) is 0 Å². The minimum atomic E-state index is -0.667. The maximum absolute atomic E-state index is 13.6. The van der Waals surface area contributed by atoms with Crippen molar-refractivity contribution in [3.8, 4) is 0 Å². The number of alkyl halides is 1. The van der Waals surface area contributed by atoms with Gasteiger partial charge in [-0.05, 0) is 36.5 Å². The second kappa shape index (κ2) is 6.37. The van der Waals surface area contributed by atoms with Crippen molar-refractivity contribution in [1.82, 2.24) is 0 Å². The van der Waals surface area contributed by atoms with Gasteiger partial charge in [0.2, 0.25) is 0 Å². The van der Waals surface area contributed by atoms with Gasteiger partial charge in [-0.3, -0.25) is 5.32 Å². The highest BCUT2D eigenvalue weighted by Gasteiger charge is 2.22. The SMILES string of the molecule is COC(=O)Nc1cc(C(Br)CCC2CC2)ccc1F. The van der Waals surface area contributed by atoms with Crippen molar-refractivity contribution < 1.29 is 13.9 Å². The molecule has 0 aromatic heterocycles. The fourth-order valence-electron chi connectivity index (χ4n) is 1.95. The van der Waals surface area contributed by atoms with Gasteiger partial charge in [-0.15, -0.1) is 0 Å². The molecule has 0 bridgehead atoms. The lowest BCUT2D eigenvalue weighted by molar-refractivity contribution is 0.187. The zero-order valence-corrected chi connectivity index (χ0v) is 12.4. The summed E-state index contributed by atoms with van der Waals surface area (Å²) in [5.74, 6) is 0.407. The number of benzene rings is 1. The number of anilines is 1. The van der Waals surface area contributed by atoms with Crippen LogP contribution in [0.2, 0.25) is 0 Å². The third-order valence-electron chi connectivity index (χ3n) is 3.30. The van der Waals surface area contributed by atoms with Crippen molar-refractivity contribution in [2.75, 3.05) is 12.4 Å². The molecule has 1 aromatic rings. The van der Waals surface area contributed by atoms with E-state index in [1.54, 1.807) is 12.1 Å². The molecule has 1 fully saturated rings. The van der Waals surface area contributed by atoms with Gasteiger partial charge in [0.1, 0.15) is 5.82 Å². The van der Waals surface area contributed by atoms with Crippen LogP contribution in [-0.2, 0) is 4.74 Å². The predicted molar refractivity (Wildman–Crippen MR) is 76.1 cm³/mol. The molecule has 1 aliphatic rings. The average Bonchev–Trinajstić information content (AvgIpc) is 3.22. The van der Waals surface area contributed by atoms with Crippen molar-refractivity contribution >= 4 is 27.7 Å². The fraction of sp³-hybridized carbons (Fsp3) is 0.500. The number of carbonyl (C=O) groups is 1. The summed E-state index contributed by atoms with van der Waals surface area (Å²) in [6, 6.07) is 4.76.